The summed E-state index contributed by atoms with van der Waals surface area (Å²) >= 11 is 0. The van der Waals surface area contributed by atoms with Crippen molar-refractivity contribution in [1.29, 1.82) is 0 Å². The summed E-state index contributed by atoms with van der Waals surface area (Å²) in [6.45, 7) is 6.38. The molecule has 0 saturated heterocycles. The van der Waals surface area contributed by atoms with Gasteiger partial charge in [-0.25, -0.2) is 4.79 Å². The predicted molar refractivity (Wildman–Crippen MR) is 75.0 cm³/mol. The average Bonchev–Trinajstić information content (AvgIpc) is 2.31. The molecule has 0 aliphatic carbocycles. The molecule has 2 unspecified atom stereocenters. The maximum Gasteiger partial charge on any atom is 0.337 e. The monoisotopic (exact) mass is 250 g/mol. The fourth-order valence-electron chi connectivity index (χ4n) is 1.99. The summed E-state index contributed by atoms with van der Waals surface area (Å²) in [5, 5.41) is 12.4. The Morgan fingerprint density at radius 3 is 2.67 bits per heavy atom. The molecule has 1 aromatic carbocycles. The SMILES string of the molecule is CCC(C)CC(C)Nc1c(N)cccc1C(=O)O. The molecule has 0 amide bonds. The molecule has 0 bridgehead atoms. The zero-order valence-electron chi connectivity index (χ0n) is 11.2. The topological polar surface area (TPSA) is 75.3 Å². The van der Waals surface area contributed by atoms with E-state index in [2.05, 4.69) is 19.2 Å². The maximum absolute atomic E-state index is 11.1. The zero-order valence-corrected chi connectivity index (χ0v) is 11.2. The number of hydrogen-bond acceptors (Lipinski definition) is 3. The Hall–Kier alpha value is -1.71. The highest BCUT2D eigenvalue weighted by molar-refractivity contribution is 5.97. The van der Waals surface area contributed by atoms with E-state index in [1.54, 1.807) is 18.2 Å². The number of benzene rings is 1. The third-order valence-electron chi connectivity index (χ3n) is 3.17. The van der Waals surface area contributed by atoms with E-state index in [0.717, 1.165) is 12.8 Å². The minimum atomic E-state index is -0.958. The Labute approximate surface area is 108 Å². The van der Waals surface area contributed by atoms with Crippen LogP contribution in [0.15, 0.2) is 18.2 Å². The van der Waals surface area contributed by atoms with Crippen LogP contribution in [0.5, 0.6) is 0 Å². The number of carboxylic acid groups (broad SMARTS) is 1. The molecule has 1 aromatic rings. The fourth-order valence-corrected chi connectivity index (χ4v) is 1.99. The van der Waals surface area contributed by atoms with Crippen LogP contribution < -0.4 is 11.1 Å². The Balaban J connectivity index is 2.86. The highest BCUT2D eigenvalue weighted by Gasteiger charge is 2.15. The van der Waals surface area contributed by atoms with Crippen LogP contribution in [0.3, 0.4) is 0 Å². The molecule has 0 saturated carbocycles. The molecule has 1 rings (SSSR count). The highest BCUT2D eigenvalue weighted by Crippen LogP contribution is 2.25. The van der Waals surface area contributed by atoms with Gasteiger partial charge in [0.15, 0.2) is 0 Å². The van der Waals surface area contributed by atoms with Gasteiger partial charge in [-0.2, -0.15) is 0 Å². The summed E-state index contributed by atoms with van der Waals surface area (Å²) in [6.07, 6.45) is 2.10. The van der Waals surface area contributed by atoms with E-state index in [1.807, 2.05) is 6.92 Å². The van der Waals surface area contributed by atoms with E-state index in [4.69, 9.17) is 10.8 Å². The zero-order chi connectivity index (χ0) is 13.7. The van der Waals surface area contributed by atoms with Gasteiger partial charge in [0.25, 0.3) is 0 Å². The van der Waals surface area contributed by atoms with Crippen molar-refractivity contribution < 1.29 is 9.90 Å². The molecule has 0 fully saturated rings. The van der Waals surface area contributed by atoms with Crippen LogP contribution in [0.2, 0.25) is 0 Å². The Bertz CT molecular complexity index is 418. The van der Waals surface area contributed by atoms with Crippen LogP contribution in [-0.4, -0.2) is 17.1 Å². The summed E-state index contributed by atoms with van der Waals surface area (Å²) in [5.74, 6) is -0.355. The minimum Gasteiger partial charge on any atom is -0.478 e. The number of rotatable bonds is 6. The second kappa shape index (κ2) is 6.28. The Morgan fingerprint density at radius 1 is 1.44 bits per heavy atom. The van der Waals surface area contributed by atoms with Crippen molar-refractivity contribution in [2.24, 2.45) is 5.92 Å². The van der Waals surface area contributed by atoms with Gasteiger partial charge >= 0.3 is 5.97 Å². The van der Waals surface area contributed by atoms with Crippen molar-refractivity contribution >= 4 is 17.3 Å². The molecule has 0 spiro atoms. The molecular formula is C14H22N2O2. The molecule has 2 atom stereocenters. The highest BCUT2D eigenvalue weighted by atomic mass is 16.4. The van der Waals surface area contributed by atoms with Gasteiger partial charge in [-0.3, -0.25) is 0 Å². The minimum absolute atomic E-state index is 0.197. The molecule has 100 valence electrons. The van der Waals surface area contributed by atoms with Crippen LogP contribution in [0.4, 0.5) is 11.4 Å². The van der Waals surface area contributed by atoms with Gasteiger partial charge < -0.3 is 16.2 Å². The van der Waals surface area contributed by atoms with E-state index in [0.29, 0.717) is 17.3 Å². The molecule has 0 radical (unpaired) electrons. The lowest BCUT2D eigenvalue weighted by molar-refractivity contribution is 0.0698. The number of anilines is 2. The largest absolute Gasteiger partial charge is 0.478 e. The van der Waals surface area contributed by atoms with E-state index in [-0.39, 0.29) is 11.6 Å². The third kappa shape index (κ3) is 3.65. The molecule has 4 heteroatoms. The number of hydrogen-bond donors (Lipinski definition) is 3. The number of nitrogens with one attached hydrogen (secondary N) is 1. The summed E-state index contributed by atoms with van der Waals surface area (Å²) in [6, 6.07) is 5.13. The first-order valence-electron chi connectivity index (χ1n) is 6.34. The number of nitrogens with two attached hydrogens (primary N) is 1. The van der Waals surface area contributed by atoms with E-state index in [9.17, 15) is 4.79 Å². The number of nitrogen functional groups attached to an aromatic ring is 1. The number of para-hydroxylation sites is 1. The standard InChI is InChI=1S/C14H22N2O2/c1-4-9(2)8-10(3)16-13-11(14(17)18)6-5-7-12(13)15/h5-7,9-10,16H,4,8,15H2,1-3H3,(H,17,18). The summed E-state index contributed by atoms with van der Waals surface area (Å²) in [7, 11) is 0. The van der Waals surface area contributed by atoms with Gasteiger partial charge in [0, 0.05) is 6.04 Å². The van der Waals surface area contributed by atoms with Crippen molar-refractivity contribution in [3.63, 3.8) is 0 Å². The molecule has 0 heterocycles. The number of carboxylic acids is 1. The first-order valence-corrected chi connectivity index (χ1v) is 6.34. The van der Waals surface area contributed by atoms with Gasteiger partial charge in [-0.05, 0) is 31.4 Å². The average molecular weight is 250 g/mol. The Kier molecular flexibility index (Phi) is 5.01. The van der Waals surface area contributed by atoms with Gasteiger partial charge in [0.2, 0.25) is 0 Å². The summed E-state index contributed by atoms with van der Waals surface area (Å²) in [5.41, 5.74) is 7.08. The van der Waals surface area contributed by atoms with Crippen molar-refractivity contribution in [2.75, 3.05) is 11.1 Å². The van der Waals surface area contributed by atoms with Gasteiger partial charge in [-0.1, -0.05) is 26.3 Å². The molecule has 0 aromatic heterocycles. The predicted octanol–water partition coefficient (Wildman–Crippen LogP) is 3.20. The van der Waals surface area contributed by atoms with Crippen molar-refractivity contribution in [2.45, 2.75) is 39.7 Å². The Morgan fingerprint density at radius 2 is 2.11 bits per heavy atom. The number of aromatic carboxylic acids is 1. The first kappa shape index (κ1) is 14.4. The van der Waals surface area contributed by atoms with Crippen LogP contribution >= 0.6 is 0 Å². The fraction of sp³-hybridized carbons (Fsp3) is 0.500. The van der Waals surface area contributed by atoms with Gasteiger partial charge in [0.05, 0.1) is 16.9 Å². The van der Waals surface area contributed by atoms with Crippen molar-refractivity contribution in [1.82, 2.24) is 0 Å². The normalized spacial score (nSPS) is 13.9. The third-order valence-corrected chi connectivity index (χ3v) is 3.17. The van der Waals surface area contributed by atoms with Gasteiger partial charge in [-0.15, -0.1) is 0 Å². The number of carbonyl (C=O) groups is 1. The van der Waals surface area contributed by atoms with Crippen molar-refractivity contribution in [3.8, 4) is 0 Å². The smallest absolute Gasteiger partial charge is 0.337 e. The molecule has 0 aliphatic heterocycles. The van der Waals surface area contributed by atoms with Crippen LogP contribution in [0, 0.1) is 5.92 Å². The molecule has 0 aliphatic rings. The molecular weight excluding hydrogens is 228 g/mol. The lowest BCUT2D eigenvalue weighted by Gasteiger charge is -2.21. The van der Waals surface area contributed by atoms with Crippen molar-refractivity contribution in [3.05, 3.63) is 23.8 Å². The lowest BCUT2D eigenvalue weighted by atomic mass is 9.99. The quantitative estimate of drug-likeness (QED) is 0.678. The molecule has 4 nitrogen and oxygen atoms in total. The maximum atomic E-state index is 11.1. The van der Waals surface area contributed by atoms with E-state index < -0.39 is 5.97 Å². The molecule has 18 heavy (non-hydrogen) atoms. The van der Waals surface area contributed by atoms with Gasteiger partial charge in [0.1, 0.15) is 0 Å². The van der Waals surface area contributed by atoms with E-state index >= 15 is 0 Å². The van der Waals surface area contributed by atoms with Crippen LogP contribution in [0.25, 0.3) is 0 Å². The van der Waals surface area contributed by atoms with E-state index in [1.165, 1.54) is 0 Å². The van der Waals surface area contributed by atoms with Crippen LogP contribution in [-0.2, 0) is 0 Å². The second-order valence-corrected chi connectivity index (χ2v) is 4.87. The summed E-state index contributed by atoms with van der Waals surface area (Å²) < 4.78 is 0. The second-order valence-electron chi connectivity index (χ2n) is 4.87. The lowest BCUT2D eigenvalue weighted by Crippen LogP contribution is -2.21. The molecule has 4 N–H and O–H groups in total. The first-order chi connectivity index (χ1) is 8.45. The summed E-state index contributed by atoms with van der Waals surface area (Å²) in [4.78, 5) is 11.1. The van der Waals surface area contributed by atoms with Crippen LogP contribution in [0.1, 0.15) is 44.0 Å².